The summed E-state index contributed by atoms with van der Waals surface area (Å²) in [5, 5.41) is 6.97. The highest BCUT2D eigenvalue weighted by molar-refractivity contribution is 9.10. The Hall–Kier alpha value is -1.08. The van der Waals surface area contributed by atoms with Crippen LogP contribution in [0.15, 0.2) is 27.8 Å². The number of H-pyrrole nitrogens is 1. The van der Waals surface area contributed by atoms with Crippen LogP contribution in [0.4, 0.5) is 10.3 Å². The molecule has 0 amide bonds. The predicted octanol–water partition coefficient (Wildman–Crippen LogP) is 2.58. The van der Waals surface area contributed by atoms with E-state index in [4.69, 9.17) is 5.73 Å². The first-order chi connectivity index (χ1) is 7.65. The van der Waals surface area contributed by atoms with E-state index < -0.39 is 0 Å². The maximum atomic E-state index is 13.2. The highest BCUT2D eigenvalue weighted by Gasteiger charge is 2.04. The number of benzene rings is 1. The molecule has 0 fully saturated rings. The number of nitrogens with two attached hydrogens (primary N) is 1. The third kappa shape index (κ3) is 2.73. The molecule has 0 bridgehead atoms. The summed E-state index contributed by atoms with van der Waals surface area (Å²) in [5.74, 6) is 0.610. The summed E-state index contributed by atoms with van der Waals surface area (Å²) in [6, 6.07) is 5.00. The molecule has 0 spiro atoms. The number of nitrogens with zero attached hydrogens (tertiary/aromatic N) is 2. The highest BCUT2D eigenvalue weighted by Crippen LogP contribution is 2.22. The van der Waals surface area contributed by atoms with E-state index >= 15 is 0 Å². The quantitative estimate of drug-likeness (QED) is 0.855. The van der Waals surface area contributed by atoms with Gasteiger partial charge in [-0.25, -0.2) is 9.49 Å². The zero-order chi connectivity index (χ0) is 11.5. The van der Waals surface area contributed by atoms with Crippen LogP contribution in [0.2, 0.25) is 0 Å². The van der Waals surface area contributed by atoms with Gasteiger partial charge in [0, 0.05) is 5.75 Å². The Bertz CT molecular complexity index is 502. The summed E-state index contributed by atoms with van der Waals surface area (Å²) in [4.78, 5) is 3.94. The topological polar surface area (TPSA) is 67.6 Å². The first kappa shape index (κ1) is 11.4. The van der Waals surface area contributed by atoms with Gasteiger partial charge in [0.15, 0.2) is 0 Å². The number of hydrogen-bond donors (Lipinski definition) is 2. The fourth-order valence-corrected chi connectivity index (χ4v) is 2.10. The van der Waals surface area contributed by atoms with Crippen LogP contribution in [-0.4, -0.2) is 15.2 Å². The molecule has 7 heteroatoms. The van der Waals surface area contributed by atoms with Crippen LogP contribution in [0, 0.1) is 5.82 Å². The molecule has 0 saturated heterocycles. The first-order valence-corrected chi connectivity index (χ1v) is 6.17. The highest BCUT2D eigenvalue weighted by atomic mass is 79.9. The molecule has 0 aliphatic rings. The molecular weight excluding hydrogens is 295 g/mol. The Morgan fingerprint density at radius 1 is 1.50 bits per heavy atom. The van der Waals surface area contributed by atoms with Gasteiger partial charge in [-0.2, -0.15) is 4.98 Å². The number of rotatable bonds is 3. The van der Waals surface area contributed by atoms with Crippen LogP contribution in [-0.2, 0) is 5.75 Å². The summed E-state index contributed by atoms with van der Waals surface area (Å²) in [6.45, 7) is 0. The molecule has 1 aromatic carbocycles. The minimum absolute atomic E-state index is 0.271. The van der Waals surface area contributed by atoms with Crippen LogP contribution in [0.3, 0.4) is 0 Å². The third-order valence-corrected chi connectivity index (χ3v) is 3.40. The van der Waals surface area contributed by atoms with Crippen molar-refractivity contribution in [1.29, 1.82) is 0 Å². The van der Waals surface area contributed by atoms with E-state index in [1.165, 1.54) is 17.8 Å². The van der Waals surface area contributed by atoms with Crippen LogP contribution in [0.1, 0.15) is 5.56 Å². The van der Waals surface area contributed by atoms with Crippen LogP contribution in [0.5, 0.6) is 0 Å². The molecule has 0 aliphatic heterocycles. The number of thioether (sulfide) groups is 1. The first-order valence-electron chi connectivity index (χ1n) is 4.40. The number of nitrogen functional groups attached to an aromatic ring is 1. The lowest BCUT2D eigenvalue weighted by Crippen LogP contribution is -1.86. The van der Waals surface area contributed by atoms with Crippen molar-refractivity contribution in [2.24, 2.45) is 0 Å². The fraction of sp³-hybridized carbons (Fsp3) is 0.111. The van der Waals surface area contributed by atoms with Crippen LogP contribution in [0.25, 0.3) is 0 Å². The maximum Gasteiger partial charge on any atom is 0.216 e. The predicted molar refractivity (Wildman–Crippen MR) is 64.5 cm³/mol. The second-order valence-electron chi connectivity index (χ2n) is 3.04. The van der Waals surface area contributed by atoms with E-state index in [9.17, 15) is 4.39 Å². The van der Waals surface area contributed by atoms with Crippen molar-refractivity contribution in [3.8, 4) is 0 Å². The lowest BCUT2D eigenvalue weighted by Gasteiger charge is -2.00. The number of halogens is 2. The minimum Gasteiger partial charge on any atom is -0.368 e. The smallest absolute Gasteiger partial charge is 0.216 e. The molecule has 3 N–H and O–H groups in total. The van der Waals surface area contributed by atoms with Crippen molar-refractivity contribution < 1.29 is 4.39 Å². The van der Waals surface area contributed by atoms with Crippen molar-refractivity contribution in [1.82, 2.24) is 15.2 Å². The van der Waals surface area contributed by atoms with E-state index in [1.54, 1.807) is 6.07 Å². The third-order valence-electron chi connectivity index (χ3n) is 1.83. The Kier molecular flexibility index (Phi) is 3.45. The van der Waals surface area contributed by atoms with Crippen molar-refractivity contribution in [3.05, 3.63) is 34.1 Å². The molecular formula is C9H8BrFN4S. The average Bonchev–Trinajstić information content (AvgIpc) is 2.66. The van der Waals surface area contributed by atoms with Crippen molar-refractivity contribution in [2.75, 3.05) is 5.73 Å². The van der Waals surface area contributed by atoms with E-state index in [1.807, 2.05) is 6.07 Å². The molecule has 1 aromatic heterocycles. The second kappa shape index (κ2) is 4.84. The molecule has 1 heterocycles. The van der Waals surface area contributed by atoms with Gasteiger partial charge >= 0.3 is 0 Å². The van der Waals surface area contributed by atoms with Crippen molar-refractivity contribution >= 4 is 33.6 Å². The van der Waals surface area contributed by atoms with E-state index in [0.717, 1.165) is 5.56 Å². The van der Waals surface area contributed by atoms with Gasteiger partial charge in [-0.05, 0) is 33.6 Å². The minimum atomic E-state index is -0.271. The Balaban J connectivity index is 2.02. The molecule has 0 aliphatic carbocycles. The summed E-state index contributed by atoms with van der Waals surface area (Å²) in [5.41, 5.74) is 6.25. The number of aromatic amines is 1. The molecule has 16 heavy (non-hydrogen) atoms. The molecule has 2 rings (SSSR count). The fourth-order valence-electron chi connectivity index (χ4n) is 1.10. The van der Waals surface area contributed by atoms with Gasteiger partial charge in [-0.3, -0.25) is 0 Å². The maximum absolute atomic E-state index is 13.2. The number of aromatic nitrogens is 3. The molecule has 4 nitrogen and oxygen atoms in total. The lowest BCUT2D eigenvalue weighted by atomic mass is 10.2. The van der Waals surface area contributed by atoms with Gasteiger partial charge in [0.1, 0.15) is 5.82 Å². The summed E-state index contributed by atoms with van der Waals surface area (Å²) in [7, 11) is 0. The van der Waals surface area contributed by atoms with Crippen LogP contribution < -0.4 is 5.73 Å². The summed E-state index contributed by atoms with van der Waals surface area (Å²) < 4.78 is 13.7. The molecule has 0 atom stereocenters. The zero-order valence-electron chi connectivity index (χ0n) is 8.08. The van der Waals surface area contributed by atoms with Crippen molar-refractivity contribution in [3.63, 3.8) is 0 Å². The summed E-state index contributed by atoms with van der Waals surface area (Å²) in [6.07, 6.45) is 0. The Labute approximate surface area is 104 Å². The standard InChI is InChI=1S/C9H8BrFN4S/c10-6-2-1-5(3-7(6)11)4-16-9-13-8(12)14-15-9/h1-3H,4H2,(H3,12,13,14,15). The average molecular weight is 303 g/mol. The Morgan fingerprint density at radius 2 is 2.31 bits per heavy atom. The summed E-state index contributed by atoms with van der Waals surface area (Å²) >= 11 is 4.49. The SMILES string of the molecule is Nc1nc(SCc2ccc(Br)c(F)c2)n[nH]1. The van der Waals surface area contributed by atoms with E-state index in [0.29, 0.717) is 15.4 Å². The molecule has 0 radical (unpaired) electrons. The van der Waals surface area contributed by atoms with E-state index in [-0.39, 0.29) is 11.8 Å². The second-order valence-corrected chi connectivity index (χ2v) is 4.84. The monoisotopic (exact) mass is 302 g/mol. The largest absolute Gasteiger partial charge is 0.368 e. The molecule has 2 aromatic rings. The number of hydrogen-bond acceptors (Lipinski definition) is 4. The normalized spacial score (nSPS) is 10.6. The van der Waals surface area contributed by atoms with Gasteiger partial charge in [0.05, 0.1) is 4.47 Å². The van der Waals surface area contributed by atoms with E-state index in [2.05, 4.69) is 31.1 Å². The zero-order valence-corrected chi connectivity index (χ0v) is 10.5. The molecule has 0 unspecified atom stereocenters. The van der Waals surface area contributed by atoms with Crippen molar-refractivity contribution in [2.45, 2.75) is 10.9 Å². The number of anilines is 1. The van der Waals surface area contributed by atoms with Gasteiger partial charge in [-0.15, -0.1) is 5.10 Å². The van der Waals surface area contributed by atoms with Gasteiger partial charge in [0.2, 0.25) is 11.1 Å². The molecule has 84 valence electrons. The molecule has 0 saturated carbocycles. The lowest BCUT2D eigenvalue weighted by molar-refractivity contribution is 0.620. The Morgan fingerprint density at radius 3 is 2.94 bits per heavy atom. The number of nitrogens with one attached hydrogen (secondary N) is 1. The van der Waals surface area contributed by atoms with Gasteiger partial charge in [0.25, 0.3) is 0 Å². The van der Waals surface area contributed by atoms with Gasteiger partial charge in [-0.1, -0.05) is 17.8 Å². The van der Waals surface area contributed by atoms with Crippen LogP contribution >= 0.6 is 27.7 Å². The van der Waals surface area contributed by atoms with Gasteiger partial charge < -0.3 is 5.73 Å².